The molecule has 2 spiro atoms. The van der Waals surface area contributed by atoms with Crippen LogP contribution in [0.4, 0.5) is 0 Å². The summed E-state index contributed by atoms with van der Waals surface area (Å²) in [6, 6.07) is 37.9. The van der Waals surface area contributed by atoms with Crippen LogP contribution >= 0.6 is 0 Å². The van der Waals surface area contributed by atoms with Crippen molar-refractivity contribution >= 4 is 17.2 Å². The molecule has 0 amide bonds. The van der Waals surface area contributed by atoms with Crippen LogP contribution in [0.2, 0.25) is 0 Å². The van der Waals surface area contributed by atoms with E-state index in [9.17, 15) is 0 Å². The van der Waals surface area contributed by atoms with Gasteiger partial charge in [0.15, 0.2) is 6.17 Å². The molecule has 4 aromatic rings. The van der Waals surface area contributed by atoms with E-state index in [4.69, 9.17) is 9.98 Å². The Bertz CT molecular complexity index is 2320. The number of nitrogens with zero attached hydrogens (tertiary/aromatic N) is 2. The Balaban J connectivity index is 0.953. The van der Waals surface area contributed by atoms with Crippen LogP contribution in [0.15, 0.2) is 154 Å². The second-order valence-corrected chi connectivity index (χ2v) is 17.0. The molecule has 1 heterocycles. The Morgan fingerprint density at radius 2 is 1.31 bits per heavy atom. The fraction of sp³-hybridized carbons (Fsp3) is 0.333. The highest BCUT2D eigenvalue weighted by molar-refractivity contribution is 6.16. The lowest BCUT2D eigenvalue weighted by Gasteiger charge is -2.42. The standard InChI is InChI=1S/C51H49N3/c1-5-16-35(17-6-1)47-52-48(36-18-7-2-8-19-36)54-49(53-47)37-26-24-34(25-27-37)38-21-15-22-40-42-33-44-41(32-45(42)51(46(38)40)30-13-4-14-31-51)39-20-9-10-23-43(39)50(44)28-11-3-12-29-50/h1-2,5-10,15-24,26-27,32,34,42,47H,3-4,11-14,25,28-31,33H2,(H,52,53,54). The Hall–Kier alpha value is -5.02. The minimum Gasteiger partial charge on any atom is -0.324 e. The van der Waals surface area contributed by atoms with Gasteiger partial charge in [0, 0.05) is 33.8 Å². The van der Waals surface area contributed by atoms with Crippen LogP contribution in [0.3, 0.4) is 0 Å². The summed E-state index contributed by atoms with van der Waals surface area (Å²) in [5, 5.41) is 3.63. The molecule has 4 aromatic carbocycles. The Morgan fingerprint density at radius 3 is 2.07 bits per heavy atom. The molecule has 0 radical (unpaired) electrons. The summed E-state index contributed by atoms with van der Waals surface area (Å²) >= 11 is 0. The van der Waals surface area contributed by atoms with Crippen LogP contribution in [0.5, 0.6) is 0 Å². The van der Waals surface area contributed by atoms with Crippen LogP contribution in [0.1, 0.15) is 134 Å². The van der Waals surface area contributed by atoms with E-state index in [2.05, 4.69) is 133 Å². The molecule has 0 saturated heterocycles. The van der Waals surface area contributed by atoms with E-state index in [0.717, 1.165) is 34.8 Å². The van der Waals surface area contributed by atoms with Crippen molar-refractivity contribution < 1.29 is 0 Å². The molecule has 7 aliphatic rings. The van der Waals surface area contributed by atoms with Gasteiger partial charge in [-0.1, -0.05) is 177 Å². The molecule has 1 aliphatic heterocycles. The summed E-state index contributed by atoms with van der Waals surface area (Å²) < 4.78 is 0. The van der Waals surface area contributed by atoms with Gasteiger partial charge in [-0.05, 0) is 77.5 Å². The predicted octanol–water partition coefficient (Wildman–Crippen LogP) is 12.1. The van der Waals surface area contributed by atoms with Crippen LogP contribution in [0.25, 0.3) is 5.57 Å². The number of aliphatic imine (C=N–C) groups is 2. The number of nitrogens with one attached hydrogen (secondary N) is 1. The average molecular weight is 704 g/mol. The van der Waals surface area contributed by atoms with Gasteiger partial charge in [0.2, 0.25) is 0 Å². The molecule has 0 bridgehead atoms. The van der Waals surface area contributed by atoms with Gasteiger partial charge in [-0.25, -0.2) is 9.98 Å². The molecular weight excluding hydrogens is 655 g/mol. The first-order valence-electron chi connectivity index (χ1n) is 20.8. The van der Waals surface area contributed by atoms with Crippen LogP contribution < -0.4 is 5.32 Å². The molecule has 3 atom stereocenters. The molecule has 3 nitrogen and oxygen atoms in total. The molecule has 2 saturated carbocycles. The van der Waals surface area contributed by atoms with Crippen molar-refractivity contribution in [2.24, 2.45) is 9.98 Å². The minimum absolute atomic E-state index is 0.154. The van der Waals surface area contributed by atoms with E-state index in [1.165, 1.54) is 70.6 Å². The Labute approximate surface area is 320 Å². The molecule has 3 unspecified atom stereocenters. The van der Waals surface area contributed by atoms with Crippen molar-refractivity contribution in [1.82, 2.24) is 5.32 Å². The first kappa shape index (κ1) is 32.4. The highest BCUT2D eigenvalue weighted by atomic mass is 15.2. The second kappa shape index (κ2) is 12.8. The van der Waals surface area contributed by atoms with Crippen molar-refractivity contribution in [1.29, 1.82) is 0 Å². The second-order valence-electron chi connectivity index (χ2n) is 17.0. The predicted molar refractivity (Wildman–Crippen MR) is 222 cm³/mol. The van der Waals surface area contributed by atoms with Crippen molar-refractivity contribution in [3.05, 3.63) is 183 Å². The van der Waals surface area contributed by atoms with E-state index < -0.39 is 0 Å². The third-order valence-electron chi connectivity index (χ3n) is 14.3. The van der Waals surface area contributed by atoms with E-state index in [-0.39, 0.29) is 17.0 Å². The highest BCUT2D eigenvalue weighted by Crippen LogP contribution is 2.66. The Morgan fingerprint density at radius 1 is 0.630 bits per heavy atom. The number of allylic oxidation sites excluding steroid dienone is 6. The van der Waals surface area contributed by atoms with Gasteiger partial charge >= 0.3 is 0 Å². The maximum atomic E-state index is 5.19. The van der Waals surface area contributed by atoms with Gasteiger partial charge < -0.3 is 5.32 Å². The van der Waals surface area contributed by atoms with Crippen molar-refractivity contribution in [2.75, 3.05) is 0 Å². The van der Waals surface area contributed by atoms with E-state index in [1.807, 2.05) is 0 Å². The third kappa shape index (κ3) is 4.93. The lowest BCUT2D eigenvalue weighted by atomic mass is 9.61. The number of rotatable bonds is 4. The summed E-state index contributed by atoms with van der Waals surface area (Å²) in [4.78, 5) is 10.3. The SMILES string of the molecule is C1=CC(c2cccc3c2C2(CCCCC2)C2=CC4=C(CC23)C2(CCCCC2)c2ccccc24)CC=C1C1=NC(c2ccccc2)N=C(c2ccccc2)N1. The molecule has 11 rings (SSSR count). The normalized spacial score (nSPS) is 25.8. The summed E-state index contributed by atoms with van der Waals surface area (Å²) in [7, 11) is 0. The molecule has 1 N–H and O–H groups in total. The molecule has 6 aliphatic carbocycles. The molecule has 54 heavy (non-hydrogen) atoms. The van der Waals surface area contributed by atoms with Gasteiger partial charge in [0.1, 0.15) is 11.7 Å². The summed E-state index contributed by atoms with van der Waals surface area (Å²) in [6.07, 6.45) is 25.3. The molecule has 268 valence electrons. The average Bonchev–Trinajstić information content (AvgIpc) is 3.66. The van der Waals surface area contributed by atoms with Crippen molar-refractivity contribution in [3.8, 4) is 0 Å². The maximum absolute atomic E-state index is 5.19. The zero-order valence-corrected chi connectivity index (χ0v) is 31.2. The van der Waals surface area contributed by atoms with E-state index in [1.54, 1.807) is 44.5 Å². The van der Waals surface area contributed by atoms with Gasteiger partial charge in [0.05, 0.1) is 0 Å². The fourth-order valence-electron chi connectivity index (χ4n) is 12.0. The lowest BCUT2D eigenvalue weighted by Crippen LogP contribution is -2.36. The van der Waals surface area contributed by atoms with Crippen molar-refractivity contribution in [3.63, 3.8) is 0 Å². The number of hydrogen-bond donors (Lipinski definition) is 1. The molecular formula is C51H49N3. The molecule has 0 aromatic heterocycles. The smallest absolute Gasteiger partial charge is 0.169 e. The van der Waals surface area contributed by atoms with Gasteiger partial charge in [0.25, 0.3) is 0 Å². The number of hydrogen-bond acceptors (Lipinski definition) is 3. The topological polar surface area (TPSA) is 36.8 Å². The zero-order chi connectivity index (χ0) is 35.7. The van der Waals surface area contributed by atoms with Gasteiger partial charge in [-0.15, -0.1) is 0 Å². The third-order valence-corrected chi connectivity index (χ3v) is 14.3. The molecule has 2 fully saturated rings. The van der Waals surface area contributed by atoms with Gasteiger partial charge in [-0.3, -0.25) is 0 Å². The highest BCUT2D eigenvalue weighted by Gasteiger charge is 2.54. The van der Waals surface area contributed by atoms with Gasteiger partial charge in [-0.2, -0.15) is 0 Å². The number of amidine groups is 2. The Kier molecular flexibility index (Phi) is 7.68. The monoisotopic (exact) mass is 703 g/mol. The summed E-state index contributed by atoms with van der Waals surface area (Å²) in [6.45, 7) is 0. The zero-order valence-electron chi connectivity index (χ0n) is 31.2. The molecule has 3 heteroatoms. The number of fused-ring (bicyclic) bond motifs is 9. The summed E-state index contributed by atoms with van der Waals surface area (Å²) in [5.74, 6) is 2.64. The lowest BCUT2D eigenvalue weighted by molar-refractivity contribution is 0.325. The van der Waals surface area contributed by atoms with E-state index in [0.29, 0.717) is 11.8 Å². The maximum Gasteiger partial charge on any atom is 0.169 e. The first-order chi connectivity index (χ1) is 26.7. The van der Waals surface area contributed by atoms with Crippen LogP contribution in [-0.4, -0.2) is 11.7 Å². The minimum atomic E-state index is -0.278. The quantitative estimate of drug-likeness (QED) is 0.226. The largest absolute Gasteiger partial charge is 0.324 e. The van der Waals surface area contributed by atoms with Crippen molar-refractivity contribution in [2.45, 2.75) is 106 Å². The summed E-state index contributed by atoms with van der Waals surface area (Å²) in [5.41, 5.74) is 17.0. The number of benzene rings is 4. The first-order valence-corrected chi connectivity index (χ1v) is 20.8. The van der Waals surface area contributed by atoms with Crippen LogP contribution in [-0.2, 0) is 10.8 Å². The van der Waals surface area contributed by atoms with Crippen LogP contribution in [0, 0.1) is 0 Å². The van der Waals surface area contributed by atoms with E-state index >= 15 is 0 Å². The fourth-order valence-corrected chi connectivity index (χ4v) is 12.0.